The van der Waals surface area contributed by atoms with Crippen LogP contribution in [0.5, 0.6) is 11.5 Å². The molecule has 0 radical (unpaired) electrons. The minimum Gasteiger partial charge on any atom is -0.497 e. The lowest BCUT2D eigenvalue weighted by Gasteiger charge is -2.21. The van der Waals surface area contributed by atoms with Crippen molar-refractivity contribution in [2.24, 2.45) is 5.92 Å². The van der Waals surface area contributed by atoms with Gasteiger partial charge in [0.05, 0.1) is 14.2 Å². The molecule has 1 N–H and O–H groups in total. The molecule has 0 saturated heterocycles. The summed E-state index contributed by atoms with van der Waals surface area (Å²) in [5.41, 5.74) is 1.18. The highest BCUT2D eigenvalue weighted by Crippen LogP contribution is 2.24. The minimum absolute atomic E-state index is 0.566. The Morgan fingerprint density at radius 2 is 1.85 bits per heavy atom. The Balaban J connectivity index is 2.63. The van der Waals surface area contributed by atoms with Gasteiger partial charge in [0.2, 0.25) is 0 Å². The molecule has 3 nitrogen and oxygen atoms in total. The van der Waals surface area contributed by atoms with Crippen LogP contribution in [0.2, 0.25) is 0 Å². The molecule has 114 valence electrons. The van der Waals surface area contributed by atoms with E-state index >= 15 is 0 Å². The van der Waals surface area contributed by atoms with Crippen molar-refractivity contribution in [3.8, 4) is 11.5 Å². The molecule has 0 fully saturated rings. The second kappa shape index (κ2) is 8.85. The molecule has 0 aromatic heterocycles. The fraction of sp³-hybridized carbons (Fsp3) is 0.647. The Kier molecular flexibility index (Phi) is 7.45. The smallest absolute Gasteiger partial charge is 0.127 e. The maximum Gasteiger partial charge on any atom is 0.127 e. The van der Waals surface area contributed by atoms with Crippen LogP contribution in [0.25, 0.3) is 0 Å². The Hall–Kier alpha value is -1.22. The Bertz CT molecular complexity index is 393. The van der Waals surface area contributed by atoms with Gasteiger partial charge in [-0.2, -0.15) is 0 Å². The van der Waals surface area contributed by atoms with Crippen LogP contribution >= 0.6 is 0 Å². The average molecular weight is 279 g/mol. The van der Waals surface area contributed by atoms with Crippen molar-refractivity contribution in [2.75, 3.05) is 14.2 Å². The second-order valence-electron chi connectivity index (χ2n) is 5.41. The van der Waals surface area contributed by atoms with Crippen molar-refractivity contribution in [2.45, 2.75) is 52.6 Å². The summed E-state index contributed by atoms with van der Waals surface area (Å²) in [7, 11) is 3.38. The predicted octanol–water partition coefficient (Wildman–Crippen LogP) is 4.01. The van der Waals surface area contributed by atoms with Crippen molar-refractivity contribution in [1.82, 2.24) is 5.32 Å². The highest BCUT2D eigenvalue weighted by atomic mass is 16.5. The summed E-state index contributed by atoms with van der Waals surface area (Å²) in [5, 5.41) is 3.64. The highest BCUT2D eigenvalue weighted by molar-refractivity contribution is 5.40. The molecule has 3 heteroatoms. The van der Waals surface area contributed by atoms with E-state index in [0.717, 1.165) is 30.4 Å². The number of nitrogens with one attached hydrogen (secondary N) is 1. The van der Waals surface area contributed by atoms with E-state index in [1.165, 1.54) is 18.4 Å². The molecule has 1 aromatic rings. The zero-order chi connectivity index (χ0) is 15.0. The number of rotatable bonds is 9. The van der Waals surface area contributed by atoms with Gasteiger partial charge in [-0.25, -0.2) is 0 Å². The van der Waals surface area contributed by atoms with Crippen LogP contribution in [0.15, 0.2) is 18.2 Å². The summed E-state index contributed by atoms with van der Waals surface area (Å²) in [6.45, 7) is 7.65. The second-order valence-corrected chi connectivity index (χ2v) is 5.41. The van der Waals surface area contributed by atoms with Crippen LogP contribution < -0.4 is 14.8 Å². The molecule has 0 saturated carbocycles. The first kappa shape index (κ1) is 16.8. The minimum atomic E-state index is 0.566. The summed E-state index contributed by atoms with van der Waals surface area (Å²) in [6, 6.07) is 6.55. The molecule has 0 aliphatic rings. The molecule has 0 aliphatic carbocycles. The van der Waals surface area contributed by atoms with Gasteiger partial charge in [-0.05, 0) is 24.8 Å². The van der Waals surface area contributed by atoms with Crippen LogP contribution in [-0.2, 0) is 6.54 Å². The van der Waals surface area contributed by atoms with E-state index in [0.29, 0.717) is 6.04 Å². The van der Waals surface area contributed by atoms with Gasteiger partial charge in [0.25, 0.3) is 0 Å². The van der Waals surface area contributed by atoms with E-state index in [1.807, 2.05) is 12.1 Å². The van der Waals surface area contributed by atoms with E-state index in [2.05, 4.69) is 32.2 Å². The van der Waals surface area contributed by atoms with Gasteiger partial charge >= 0.3 is 0 Å². The first-order chi connectivity index (χ1) is 9.64. The fourth-order valence-corrected chi connectivity index (χ4v) is 2.30. The van der Waals surface area contributed by atoms with E-state index in [4.69, 9.17) is 9.47 Å². The van der Waals surface area contributed by atoms with Crippen LogP contribution in [0.4, 0.5) is 0 Å². The lowest BCUT2D eigenvalue weighted by molar-refractivity contribution is 0.371. The van der Waals surface area contributed by atoms with Gasteiger partial charge in [0.1, 0.15) is 11.5 Å². The average Bonchev–Trinajstić information content (AvgIpc) is 2.50. The maximum atomic E-state index is 5.44. The van der Waals surface area contributed by atoms with Gasteiger partial charge in [-0.1, -0.05) is 33.3 Å². The normalized spacial score (nSPS) is 13.8. The van der Waals surface area contributed by atoms with Crippen molar-refractivity contribution in [3.63, 3.8) is 0 Å². The predicted molar refractivity (Wildman–Crippen MR) is 84.5 cm³/mol. The summed E-state index contributed by atoms with van der Waals surface area (Å²) >= 11 is 0. The zero-order valence-electron chi connectivity index (χ0n) is 13.5. The summed E-state index contributed by atoms with van der Waals surface area (Å²) < 4.78 is 10.7. The first-order valence-electron chi connectivity index (χ1n) is 7.58. The van der Waals surface area contributed by atoms with Crippen molar-refractivity contribution >= 4 is 0 Å². The van der Waals surface area contributed by atoms with Gasteiger partial charge in [-0.3, -0.25) is 0 Å². The lowest BCUT2D eigenvalue weighted by Crippen LogP contribution is -2.29. The third-order valence-corrected chi connectivity index (χ3v) is 3.95. The Morgan fingerprint density at radius 1 is 1.10 bits per heavy atom. The largest absolute Gasteiger partial charge is 0.497 e. The van der Waals surface area contributed by atoms with Crippen molar-refractivity contribution < 1.29 is 9.47 Å². The van der Waals surface area contributed by atoms with Crippen LogP contribution in [0, 0.1) is 5.92 Å². The monoisotopic (exact) mass is 279 g/mol. The molecule has 0 heterocycles. The standard InChI is InChI=1S/C17H29NO2/c1-6-13(3)10-15(7-2)18-12-14-8-9-16(19-4)11-17(14)20-5/h8-9,11,13,15,18H,6-7,10,12H2,1-5H3. The molecule has 1 aromatic carbocycles. The summed E-state index contributed by atoms with van der Waals surface area (Å²) in [6.07, 6.45) is 3.62. The highest BCUT2D eigenvalue weighted by Gasteiger charge is 2.11. The molecule has 0 spiro atoms. The molecule has 0 bridgehead atoms. The van der Waals surface area contributed by atoms with Gasteiger partial charge < -0.3 is 14.8 Å². The van der Waals surface area contributed by atoms with Crippen LogP contribution in [-0.4, -0.2) is 20.3 Å². The first-order valence-corrected chi connectivity index (χ1v) is 7.58. The molecule has 0 amide bonds. The van der Waals surface area contributed by atoms with E-state index in [1.54, 1.807) is 14.2 Å². The molecule has 20 heavy (non-hydrogen) atoms. The van der Waals surface area contributed by atoms with Crippen LogP contribution in [0.1, 0.15) is 45.6 Å². The molecule has 1 rings (SSSR count). The maximum absolute atomic E-state index is 5.44. The van der Waals surface area contributed by atoms with Gasteiger partial charge in [0, 0.05) is 24.2 Å². The topological polar surface area (TPSA) is 30.5 Å². The van der Waals surface area contributed by atoms with Crippen molar-refractivity contribution in [1.29, 1.82) is 0 Å². The molecular weight excluding hydrogens is 250 g/mol. The molecule has 2 atom stereocenters. The number of methoxy groups -OCH3 is 2. The number of hydrogen-bond acceptors (Lipinski definition) is 3. The van der Waals surface area contributed by atoms with Gasteiger partial charge in [-0.15, -0.1) is 0 Å². The third-order valence-electron chi connectivity index (χ3n) is 3.95. The Labute approximate surface area is 123 Å². The summed E-state index contributed by atoms with van der Waals surface area (Å²) in [4.78, 5) is 0. The third kappa shape index (κ3) is 5.04. The Morgan fingerprint density at radius 3 is 2.40 bits per heavy atom. The SMILES string of the molecule is CCC(C)CC(CC)NCc1ccc(OC)cc1OC. The zero-order valence-corrected chi connectivity index (χ0v) is 13.5. The molecule has 0 aliphatic heterocycles. The number of ether oxygens (including phenoxy) is 2. The van der Waals surface area contributed by atoms with Crippen molar-refractivity contribution in [3.05, 3.63) is 23.8 Å². The molecular formula is C17H29NO2. The molecule has 2 unspecified atom stereocenters. The number of hydrogen-bond donors (Lipinski definition) is 1. The van der Waals surface area contributed by atoms with E-state index in [-0.39, 0.29) is 0 Å². The van der Waals surface area contributed by atoms with Crippen LogP contribution in [0.3, 0.4) is 0 Å². The fourth-order valence-electron chi connectivity index (χ4n) is 2.30. The van der Waals surface area contributed by atoms with E-state index in [9.17, 15) is 0 Å². The quantitative estimate of drug-likeness (QED) is 0.741. The van der Waals surface area contributed by atoms with Gasteiger partial charge in [0.15, 0.2) is 0 Å². The summed E-state index contributed by atoms with van der Waals surface area (Å²) in [5.74, 6) is 2.48. The number of benzene rings is 1. The van der Waals surface area contributed by atoms with E-state index < -0.39 is 0 Å². The lowest BCUT2D eigenvalue weighted by atomic mass is 9.97.